The van der Waals surface area contributed by atoms with Crippen molar-refractivity contribution in [1.29, 1.82) is 0 Å². The summed E-state index contributed by atoms with van der Waals surface area (Å²) in [6.07, 6.45) is 0. The maximum Gasteiger partial charge on any atom is 0.287 e. The number of amides is 1. The second-order valence-corrected chi connectivity index (χ2v) is 7.57. The van der Waals surface area contributed by atoms with E-state index < -0.39 is 15.9 Å². The summed E-state index contributed by atoms with van der Waals surface area (Å²) >= 11 is 6.22. The molecular formula is C16H12ClN5O3S. The number of nitrogens with zero attached hydrogens (tertiary/aromatic N) is 4. The fourth-order valence-corrected chi connectivity index (χ4v) is 4.12. The molecule has 0 saturated heterocycles. The lowest BCUT2D eigenvalue weighted by Crippen LogP contribution is -2.48. The van der Waals surface area contributed by atoms with Gasteiger partial charge in [0.15, 0.2) is 0 Å². The van der Waals surface area contributed by atoms with Crippen molar-refractivity contribution in [3.63, 3.8) is 0 Å². The number of hydrogen-bond acceptors (Lipinski definition) is 6. The molecule has 0 bridgehead atoms. The maximum absolute atomic E-state index is 12.4. The Bertz CT molecular complexity index is 1100. The zero-order chi connectivity index (χ0) is 18.5. The van der Waals surface area contributed by atoms with Gasteiger partial charge in [0.25, 0.3) is 21.9 Å². The zero-order valence-electron chi connectivity index (χ0n) is 13.2. The summed E-state index contributed by atoms with van der Waals surface area (Å²) in [6.45, 7) is 0.162. The summed E-state index contributed by atoms with van der Waals surface area (Å²) in [5.41, 5.74) is 6.50. The smallest absolute Gasteiger partial charge is 0.287 e. The van der Waals surface area contributed by atoms with Crippen LogP contribution in [0, 0.1) is 0 Å². The SMILES string of the molecule is NC(=O)C1=NC2=NS(=O)(=O)c3ccccc3N2N1Cc1ccccc1Cl. The molecule has 2 heterocycles. The number of aliphatic imine (C=N–C) groups is 1. The minimum atomic E-state index is -3.92. The molecule has 4 rings (SSSR count). The van der Waals surface area contributed by atoms with Crippen LogP contribution in [0.2, 0.25) is 5.02 Å². The fourth-order valence-electron chi connectivity index (χ4n) is 2.82. The largest absolute Gasteiger partial charge is 0.363 e. The Balaban J connectivity index is 1.87. The minimum absolute atomic E-state index is 0.0221. The molecule has 0 fully saturated rings. The van der Waals surface area contributed by atoms with Crippen molar-refractivity contribution in [3.05, 3.63) is 59.1 Å². The molecule has 2 aliphatic rings. The van der Waals surface area contributed by atoms with Gasteiger partial charge >= 0.3 is 0 Å². The molecule has 2 N–H and O–H groups in total. The summed E-state index contributed by atoms with van der Waals surface area (Å²) in [7, 11) is -3.92. The van der Waals surface area contributed by atoms with Crippen molar-refractivity contribution < 1.29 is 13.2 Å². The summed E-state index contributed by atoms with van der Waals surface area (Å²) in [5, 5.41) is 3.43. The van der Waals surface area contributed by atoms with Gasteiger partial charge in [0.1, 0.15) is 4.90 Å². The van der Waals surface area contributed by atoms with Crippen LogP contribution in [0.15, 0.2) is 62.8 Å². The number of nitrogens with two attached hydrogens (primary N) is 1. The van der Waals surface area contributed by atoms with Crippen molar-refractivity contribution >= 4 is 45.0 Å². The number of guanidine groups is 1. The number of carbonyl (C=O) groups is 1. The molecule has 8 nitrogen and oxygen atoms in total. The highest BCUT2D eigenvalue weighted by Gasteiger charge is 2.41. The van der Waals surface area contributed by atoms with Crippen LogP contribution in [0.1, 0.15) is 5.56 Å². The Morgan fingerprint density at radius 3 is 2.54 bits per heavy atom. The molecule has 2 aliphatic heterocycles. The molecule has 10 heteroatoms. The van der Waals surface area contributed by atoms with Gasteiger partial charge in [-0.3, -0.25) is 9.80 Å². The van der Waals surface area contributed by atoms with E-state index in [9.17, 15) is 13.2 Å². The third kappa shape index (κ3) is 2.52. The lowest BCUT2D eigenvalue weighted by Gasteiger charge is -2.33. The molecule has 0 unspecified atom stereocenters. The first-order chi connectivity index (χ1) is 12.4. The molecule has 2 aromatic carbocycles. The summed E-state index contributed by atoms with van der Waals surface area (Å²) in [5.74, 6) is -1.05. The lowest BCUT2D eigenvalue weighted by molar-refractivity contribution is -0.112. The quantitative estimate of drug-likeness (QED) is 0.856. The average molecular weight is 390 g/mol. The molecule has 132 valence electrons. The number of hydrogen-bond donors (Lipinski definition) is 1. The Kier molecular flexibility index (Phi) is 3.70. The van der Waals surface area contributed by atoms with Crippen LogP contribution in [0.4, 0.5) is 5.69 Å². The highest BCUT2D eigenvalue weighted by molar-refractivity contribution is 7.90. The number of halogens is 1. The van der Waals surface area contributed by atoms with Crippen molar-refractivity contribution in [3.8, 4) is 0 Å². The molecule has 0 radical (unpaired) electrons. The Hall–Kier alpha value is -2.91. The van der Waals surface area contributed by atoms with Crippen molar-refractivity contribution in [2.24, 2.45) is 15.1 Å². The van der Waals surface area contributed by atoms with Crippen LogP contribution in [0.5, 0.6) is 0 Å². The van der Waals surface area contributed by atoms with Gasteiger partial charge in [-0.2, -0.15) is 13.4 Å². The number of fused-ring (bicyclic) bond motifs is 3. The number of para-hydroxylation sites is 1. The minimum Gasteiger partial charge on any atom is -0.363 e. The van der Waals surface area contributed by atoms with E-state index in [1.807, 2.05) is 6.07 Å². The molecule has 2 aromatic rings. The van der Waals surface area contributed by atoms with Crippen LogP contribution < -0.4 is 10.7 Å². The molecule has 0 atom stereocenters. The number of primary amides is 1. The number of carbonyl (C=O) groups excluding carboxylic acids is 1. The third-order valence-corrected chi connectivity index (χ3v) is 5.63. The van der Waals surface area contributed by atoms with E-state index in [4.69, 9.17) is 17.3 Å². The third-order valence-electron chi connectivity index (χ3n) is 3.95. The first kappa shape index (κ1) is 16.6. The van der Waals surface area contributed by atoms with Crippen molar-refractivity contribution in [2.75, 3.05) is 5.01 Å². The van der Waals surface area contributed by atoms with E-state index in [0.29, 0.717) is 10.7 Å². The zero-order valence-corrected chi connectivity index (χ0v) is 14.8. The summed E-state index contributed by atoms with van der Waals surface area (Å²) in [6, 6.07) is 13.5. The van der Waals surface area contributed by atoms with E-state index in [0.717, 1.165) is 5.56 Å². The number of amidine groups is 1. The standard InChI is InChI=1S/C16H12ClN5O3S/c17-11-6-2-1-5-10(11)9-21-15(14(18)23)19-16-20-26(24,25)13-8-4-3-7-12(13)22(16)21/h1-8H,9H2,(H2,18,23). The maximum atomic E-state index is 12.4. The first-order valence-electron chi connectivity index (χ1n) is 7.52. The van der Waals surface area contributed by atoms with Gasteiger partial charge < -0.3 is 5.73 Å². The predicted molar refractivity (Wildman–Crippen MR) is 97.2 cm³/mol. The van der Waals surface area contributed by atoms with Gasteiger partial charge in [-0.1, -0.05) is 41.9 Å². The second-order valence-electron chi connectivity index (χ2n) is 5.59. The van der Waals surface area contributed by atoms with E-state index in [2.05, 4.69) is 9.39 Å². The topological polar surface area (TPSA) is 108 Å². The van der Waals surface area contributed by atoms with Crippen LogP contribution in [0.25, 0.3) is 0 Å². The molecular weight excluding hydrogens is 378 g/mol. The Labute approximate surface area is 154 Å². The molecule has 0 saturated carbocycles. The van der Waals surface area contributed by atoms with E-state index >= 15 is 0 Å². The van der Waals surface area contributed by atoms with Gasteiger partial charge in [-0.05, 0) is 23.8 Å². The Morgan fingerprint density at radius 1 is 1.12 bits per heavy atom. The van der Waals surface area contributed by atoms with Crippen molar-refractivity contribution in [1.82, 2.24) is 5.01 Å². The first-order valence-corrected chi connectivity index (χ1v) is 9.34. The van der Waals surface area contributed by atoms with Crippen LogP contribution in [-0.4, -0.2) is 31.1 Å². The average Bonchev–Trinajstić information content (AvgIpc) is 2.95. The number of sulfonamides is 1. The molecule has 0 spiro atoms. The lowest BCUT2D eigenvalue weighted by atomic mass is 10.2. The molecule has 0 aliphatic carbocycles. The highest BCUT2D eigenvalue weighted by Crippen LogP contribution is 2.36. The van der Waals surface area contributed by atoms with Gasteiger partial charge in [-0.15, -0.1) is 4.40 Å². The highest BCUT2D eigenvalue weighted by atomic mass is 35.5. The monoisotopic (exact) mass is 389 g/mol. The predicted octanol–water partition coefficient (Wildman–Crippen LogP) is 1.52. The normalized spacial score (nSPS) is 17.3. The van der Waals surface area contributed by atoms with Crippen LogP contribution in [-0.2, 0) is 21.4 Å². The number of rotatable bonds is 3. The molecule has 0 aromatic heterocycles. The van der Waals surface area contributed by atoms with E-state index in [1.54, 1.807) is 36.4 Å². The number of benzene rings is 2. The van der Waals surface area contributed by atoms with Crippen molar-refractivity contribution in [2.45, 2.75) is 11.4 Å². The van der Waals surface area contributed by atoms with Gasteiger partial charge in [0, 0.05) is 5.02 Å². The number of hydrazine groups is 1. The van der Waals surface area contributed by atoms with Crippen LogP contribution in [0.3, 0.4) is 0 Å². The number of anilines is 1. The van der Waals surface area contributed by atoms with E-state index in [-0.39, 0.29) is 23.2 Å². The van der Waals surface area contributed by atoms with Gasteiger partial charge in [0.05, 0.1) is 12.2 Å². The summed E-state index contributed by atoms with van der Waals surface area (Å²) < 4.78 is 28.5. The van der Waals surface area contributed by atoms with E-state index in [1.165, 1.54) is 16.1 Å². The van der Waals surface area contributed by atoms with Gasteiger partial charge in [-0.25, -0.2) is 5.01 Å². The molecule has 1 amide bonds. The fraction of sp³-hybridized carbons (Fsp3) is 0.0625. The van der Waals surface area contributed by atoms with Crippen LogP contribution >= 0.6 is 11.6 Å². The Morgan fingerprint density at radius 2 is 1.81 bits per heavy atom. The summed E-state index contributed by atoms with van der Waals surface area (Å²) in [4.78, 5) is 15.9. The molecule has 26 heavy (non-hydrogen) atoms. The second kappa shape index (κ2) is 5.82. The van der Waals surface area contributed by atoms with Gasteiger partial charge in [0.2, 0.25) is 5.84 Å².